The summed E-state index contributed by atoms with van der Waals surface area (Å²) in [4.78, 5) is 12.4. The number of anilines is 1. The van der Waals surface area contributed by atoms with Gasteiger partial charge in [0, 0.05) is 28.8 Å². The van der Waals surface area contributed by atoms with Crippen LogP contribution < -0.4 is 5.73 Å². The highest BCUT2D eigenvalue weighted by Crippen LogP contribution is 2.35. The molecular formula is C19H11ClF2N4. The molecule has 0 saturated carbocycles. The second-order valence-corrected chi connectivity index (χ2v) is 6.04. The number of nitrogen functional groups attached to an aromatic ring is 1. The molecule has 0 radical (unpaired) electrons. The molecule has 2 N–H and O–H groups in total. The van der Waals surface area contributed by atoms with Gasteiger partial charge < -0.3 is 5.73 Å². The topological polar surface area (TPSA) is 64.7 Å². The summed E-state index contributed by atoms with van der Waals surface area (Å²) in [7, 11) is 0. The van der Waals surface area contributed by atoms with E-state index in [0.29, 0.717) is 28.0 Å². The van der Waals surface area contributed by atoms with E-state index in [-0.39, 0.29) is 10.6 Å². The fraction of sp³-hybridized carbons (Fsp3) is 0. The number of benzene rings is 2. The molecule has 0 aliphatic rings. The standard InChI is InChI=1S/C19H11ClF2N4/c20-14-7-12(15(21)8-16(14)22)18-11(2-1-5-24-18)10-3-4-17-13(6-10)19(23)26-9-25-17/h1-9H,(H2,23,25,26). The van der Waals surface area contributed by atoms with Gasteiger partial charge in [-0.05, 0) is 29.8 Å². The van der Waals surface area contributed by atoms with Gasteiger partial charge in [0.05, 0.1) is 16.2 Å². The van der Waals surface area contributed by atoms with Crippen molar-refractivity contribution in [3.05, 3.63) is 71.6 Å². The van der Waals surface area contributed by atoms with E-state index < -0.39 is 11.6 Å². The molecule has 128 valence electrons. The molecule has 4 rings (SSSR count). The highest BCUT2D eigenvalue weighted by Gasteiger charge is 2.16. The van der Waals surface area contributed by atoms with Crippen LogP contribution in [0, 0.1) is 11.6 Å². The maximum atomic E-state index is 14.4. The van der Waals surface area contributed by atoms with Crippen molar-refractivity contribution >= 4 is 28.3 Å². The van der Waals surface area contributed by atoms with Crippen LogP contribution in [-0.4, -0.2) is 15.0 Å². The van der Waals surface area contributed by atoms with E-state index in [1.54, 1.807) is 18.2 Å². The number of hydrogen-bond acceptors (Lipinski definition) is 4. The van der Waals surface area contributed by atoms with E-state index in [1.165, 1.54) is 18.6 Å². The highest BCUT2D eigenvalue weighted by atomic mass is 35.5. The van der Waals surface area contributed by atoms with Crippen LogP contribution in [0.25, 0.3) is 33.3 Å². The zero-order valence-electron chi connectivity index (χ0n) is 13.2. The summed E-state index contributed by atoms with van der Waals surface area (Å²) in [5, 5.41) is 0.506. The molecule has 26 heavy (non-hydrogen) atoms. The van der Waals surface area contributed by atoms with Gasteiger partial charge in [0.15, 0.2) is 0 Å². The van der Waals surface area contributed by atoms with Gasteiger partial charge in [-0.15, -0.1) is 0 Å². The number of nitrogens with two attached hydrogens (primary N) is 1. The van der Waals surface area contributed by atoms with Crippen LogP contribution in [0.1, 0.15) is 0 Å². The third kappa shape index (κ3) is 2.74. The number of aromatic nitrogens is 3. The maximum absolute atomic E-state index is 14.4. The monoisotopic (exact) mass is 368 g/mol. The Morgan fingerprint density at radius 2 is 1.73 bits per heavy atom. The van der Waals surface area contributed by atoms with Crippen molar-refractivity contribution in [2.75, 3.05) is 5.73 Å². The molecule has 2 aromatic carbocycles. The minimum Gasteiger partial charge on any atom is -0.383 e. The summed E-state index contributed by atoms with van der Waals surface area (Å²) in [6.07, 6.45) is 2.93. The molecule has 2 heterocycles. The molecule has 4 aromatic rings. The largest absolute Gasteiger partial charge is 0.383 e. The van der Waals surface area contributed by atoms with E-state index in [4.69, 9.17) is 17.3 Å². The van der Waals surface area contributed by atoms with E-state index in [9.17, 15) is 8.78 Å². The van der Waals surface area contributed by atoms with E-state index in [1.807, 2.05) is 12.1 Å². The van der Waals surface area contributed by atoms with Crippen molar-refractivity contribution in [3.8, 4) is 22.4 Å². The Morgan fingerprint density at radius 3 is 2.58 bits per heavy atom. The summed E-state index contributed by atoms with van der Waals surface area (Å²) in [5.74, 6) is -1.21. The highest BCUT2D eigenvalue weighted by molar-refractivity contribution is 6.31. The van der Waals surface area contributed by atoms with E-state index >= 15 is 0 Å². The second kappa shape index (κ2) is 6.31. The predicted molar refractivity (Wildman–Crippen MR) is 97.5 cm³/mol. The van der Waals surface area contributed by atoms with Gasteiger partial charge in [-0.1, -0.05) is 23.7 Å². The predicted octanol–water partition coefficient (Wildman–Crippen LogP) is 4.87. The van der Waals surface area contributed by atoms with Crippen LogP contribution in [-0.2, 0) is 0 Å². The zero-order valence-corrected chi connectivity index (χ0v) is 14.0. The van der Waals surface area contributed by atoms with Gasteiger partial charge in [0.25, 0.3) is 0 Å². The molecule has 7 heteroatoms. The first kappa shape index (κ1) is 16.4. The van der Waals surface area contributed by atoms with Gasteiger partial charge in [-0.3, -0.25) is 4.98 Å². The molecule has 0 aliphatic carbocycles. The van der Waals surface area contributed by atoms with Crippen LogP contribution in [0.15, 0.2) is 55.0 Å². The Labute approximate surface area is 152 Å². The lowest BCUT2D eigenvalue weighted by Crippen LogP contribution is -1.96. The number of pyridine rings is 1. The molecule has 0 fully saturated rings. The van der Waals surface area contributed by atoms with Crippen LogP contribution in [0.4, 0.5) is 14.6 Å². The fourth-order valence-corrected chi connectivity index (χ4v) is 2.96. The summed E-state index contributed by atoms with van der Waals surface area (Å²) in [5.41, 5.74) is 8.49. The lowest BCUT2D eigenvalue weighted by atomic mass is 9.98. The SMILES string of the molecule is Nc1ncnc2ccc(-c3cccnc3-c3cc(Cl)c(F)cc3F)cc12. The van der Waals surface area contributed by atoms with Crippen molar-refractivity contribution < 1.29 is 8.78 Å². The van der Waals surface area contributed by atoms with Crippen molar-refractivity contribution in [3.63, 3.8) is 0 Å². The summed E-state index contributed by atoms with van der Waals surface area (Å²) in [6, 6.07) is 11.0. The number of nitrogens with zero attached hydrogens (tertiary/aromatic N) is 3. The number of hydrogen-bond donors (Lipinski definition) is 1. The maximum Gasteiger partial charge on any atom is 0.144 e. The molecule has 0 spiro atoms. The Kier molecular flexibility index (Phi) is 3.97. The molecule has 0 atom stereocenters. The minimum absolute atomic E-state index is 0.115. The Bertz CT molecular complexity index is 1150. The average molecular weight is 369 g/mol. The molecular weight excluding hydrogens is 358 g/mol. The fourth-order valence-electron chi connectivity index (χ4n) is 2.80. The average Bonchev–Trinajstić information content (AvgIpc) is 2.65. The Balaban J connectivity index is 1.95. The first-order valence-corrected chi connectivity index (χ1v) is 8.03. The summed E-state index contributed by atoms with van der Waals surface area (Å²) >= 11 is 5.83. The van der Waals surface area contributed by atoms with Crippen molar-refractivity contribution in [2.24, 2.45) is 0 Å². The van der Waals surface area contributed by atoms with Crippen LogP contribution in [0.5, 0.6) is 0 Å². The van der Waals surface area contributed by atoms with Gasteiger partial charge in [0.2, 0.25) is 0 Å². The second-order valence-electron chi connectivity index (χ2n) is 5.64. The normalized spacial score (nSPS) is 11.0. The third-order valence-electron chi connectivity index (χ3n) is 4.05. The molecule has 0 unspecified atom stereocenters. The van der Waals surface area contributed by atoms with Crippen molar-refractivity contribution in [1.29, 1.82) is 0 Å². The van der Waals surface area contributed by atoms with Crippen molar-refractivity contribution in [1.82, 2.24) is 15.0 Å². The summed E-state index contributed by atoms with van der Waals surface area (Å²) < 4.78 is 27.8. The number of rotatable bonds is 2. The molecule has 0 bridgehead atoms. The lowest BCUT2D eigenvalue weighted by Gasteiger charge is -2.11. The smallest absolute Gasteiger partial charge is 0.144 e. The Hall–Kier alpha value is -3.12. The molecule has 0 saturated heterocycles. The minimum atomic E-state index is -0.818. The third-order valence-corrected chi connectivity index (χ3v) is 4.34. The summed E-state index contributed by atoms with van der Waals surface area (Å²) in [6.45, 7) is 0. The lowest BCUT2D eigenvalue weighted by molar-refractivity contribution is 0.585. The van der Waals surface area contributed by atoms with Crippen molar-refractivity contribution in [2.45, 2.75) is 0 Å². The van der Waals surface area contributed by atoms with Crippen LogP contribution in [0.2, 0.25) is 5.02 Å². The first-order chi connectivity index (χ1) is 12.5. The van der Waals surface area contributed by atoms with E-state index in [0.717, 1.165) is 11.6 Å². The molecule has 4 nitrogen and oxygen atoms in total. The van der Waals surface area contributed by atoms with Gasteiger partial charge in [-0.2, -0.15) is 0 Å². The number of fused-ring (bicyclic) bond motifs is 1. The molecule has 0 amide bonds. The zero-order chi connectivity index (χ0) is 18.3. The van der Waals surface area contributed by atoms with Gasteiger partial charge in [0.1, 0.15) is 23.8 Å². The Morgan fingerprint density at radius 1 is 0.885 bits per heavy atom. The number of halogens is 3. The quantitative estimate of drug-likeness (QED) is 0.512. The van der Waals surface area contributed by atoms with Gasteiger partial charge >= 0.3 is 0 Å². The van der Waals surface area contributed by atoms with Crippen LogP contribution >= 0.6 is 11.6 Å². The first-order valence-electron chi connectivity index (χ1n) is 7.65. The van der Waals surface area contributed by atoms with Crippen LogP contribution in [0.3, 0.4) is 0 Å². The van der Waals surface area contributed by atoms with E-state index in [2.05, 4.69) is 15.0 Å². The van der Waals surface area contributed by atoms with Gasteiger partial charge in [-0.25, -0.2) is 18.7 Å². The molecule has 0 aliphatic heterocycles. The molecule has 2 aromatic heterocycles.